The number of benzene rings is 1. The maximum Gasteiger partial charge on any atom is 0.266 e. The summed E-state index contributed by atoms with van der Waals surface area (Å²) < 4.78 is 37.3. The van der Waals surface area contributed by atoms with Gasteiger partial charge in [-0.05, 0) is 12.1 Å². The first kappa shape index (κ1) is 15.4. The highest BCUT2D eigenvalue weighted by atomic mass is 32.2. The Hall–Kier alpha value is -2.02. The fourth-order valence-corrected chi connectivity index (χ4v) is 2.87. The van der Waals surface area contributed by atoms with Crippen molar-refractivity contribution < 1.29 is 17.7 Å². The molecular formula is C14H18N2O4S. The van der Waals surface area contributed by atoms with Crippen molar-refractivity contribution in [3.05, 3.63) is 36.1 Å². The van der Waals surface area contributed by atoms with Crippen molar-refractivity contribution in [3.63, 3.8) is 0 Å². The minimum atomic E-state index is -3.79. The number of nitrogens with one attached hydrogen (secondary N) is 1. The van der Waals surface area contributed by atoms with E-state index in [9.17, 15) is 8.42 Å². The number of hydrogen-bond acceptors (Lipinski definition) is 5. The van der Waals surface area contributed by atoms with Gasteiger partial charge in [0.25, 0.3) is 10.0 Å². The van der Waals surface area contributed by atoms with Crippen LogP contribution in [0.3, 0.4) is 0 Å². The molecule has 2 rings (SSSR count). The second kappa shape index (κ2) is 5.40. The van der Waals surface area contributed by atoms with Crippen LogP contribution >= 0.6 is 0 Å². The number of rotatable bonds is 4. The summed E-state index contributed by atoms with van der Waals surface area (Å²) in [5.74, 6) is 1.01. The van der Waals surface area contributed by atoms with Crippen LogP contribution in [0.2, 0.25) is 0 Å². The van der Waals surface area contributed by atoms with Crippen LogP contribution in [0.15, 0.2) is 39.8 Å². The van der Waals surface area contributed by atoms with Crippen molar-refractivity contribution >= 4 is 15.8 Å². The Kier molecular flexibility index (Phi) is 3.95. The molecule has 114 valence electrons. The van der Waals surface area contributed by atoms with Gasteiger partial charge in [-0.1, -0.05) is 38.1 Å². The van der Waals surface area contributed by atoms with E-state index in [0.717, 1.165) is 0 Å². The highest BCUT2D eigenvalue weighted by Gasteiger charge is 2.24. The van der Waals surface area contributed by atoms with Crippen LogP contribution in [-0.2, 0) is 15.4 Å². The molecule has 0 radical (unpaired) electrons. The zero-order chi connectivity index (χ0) is 15.7. The third kappa shape index (κ3) is 3.36. The van der Waals surface area contributed by atoms with E-state index in [1.807, 2.05) is 20.8 Å². The lowest BCUT2D eigenvalue weighted by atomic mass is 9.93. The standard InChI is InChI=1S/C14H18N2O4S/c1-14(2,3)12-9-13(15-20-12)16-21(17,18)11-8-6-5-7-10(11)19-4/h5-9H,1-4H3,(H,15,16). The van der Waals surface area contributed by atoms with Crippen molar-refractivity contribution in [1.82, 2.24) is 5.16 Å². The number of anilines is 1. The monoisotopic (exact) mass is 310 g/mol. The van der Waals surface area contributed by atoms with Crippen molar-refractivity contribution in [2.75, 3.05) is 11.8 Å². The summed E-state index contributed by atoms with van der Waals surface area (Å²) in [6.45, 7) is 5.85. The molecule has 0 unspecified atom stereocenters. The lowest BCUT2D eigenvalue weighted by Gasteiger charge is -2.12. The number of ether oxygens (including phenoxy) is 1. The van der Waals surface area contributed by atoms with Crippen molar-refractivity contribution in [2.45, 2.75) is 31.1 Å². The van der Waals surface area contributed by atoms with E-state index < -0.39 is 10.0 Å². The van der Waals surface area contributed by atoms with E-state index in [2.05, 4.69) is 9.88 Å². The molecule has 0 aliphatic heterocycles. The average molecular weight is 310 g/mol. The number of para-hydroxylation sites is 1. The predicted molar refractivity (Wildman–Crippen MR) is 79.0 cm³/mol. The molecule has 0 atom stereocenters. The number of nitrogens with zero attached hydrogens (tertiary/aromatic N) is 1. The maximum atomic E-state index is 12.4. The van der Waals surface area contributed by atoms with Gasteiger partial charge in [0.05, 0.1) is 7.11 Å². The average Bonchev–Trinajstić information content (AvgIpc) is 2.86. The van der Waals surface area contributed by atoms with Crippen LogP contribution in [0.1, 0.15) is 26.5 Å². The summed E-state index contributed by atoms with van der Waals surface area (Å²) in [6.07, 6.45) is 0. The summed E-state index contributed by atoms with van der Waals surface area (Å²) in [5, 5.41) is 3.74. The van der Waals surface area contributed by atoms with Gasteiger partial charge in [-0.3, -0.25) is 4.72 Å². The molecule has 0 saturated carbocycles. The Morgan fingerprint density at radius 3 is 2.48 bits per heavy atom. The van der Waals surface area contributed by atoms with Crippen LogP contribution in [0, 0.1) is 0 Å². The molecule has 0 aliphatic carbocycles. The van der Waals surface area contributed by atoms with Gasteiger partial charge in [0, 0.05) is 11.5 Å². The molecule has 0 bridgehead atoms. The van der Waals surface area contributed by atoms with Crippen LogP contribution in [0.5, 0.6) is 5.75 Å². The Balaban J connectivity index is 2.32. The van der Waals surface area contributed by atoms with Gasteiger partial charge < -0.3 is 9.26 Å². The summed E-state index contributed by atoms with van der Waals surface area (Å²) >= 11 is 0. The summed E-state index contributed by atoms with van der Waals surface area (Å²) in [6, 6.07) is 7.95. The van der Waals surface area contributed by atoms with E-state index in [1.54, 1.807) is 24.3 Å². The molecule has 7 heteroatoms. The van der Waals surface area contributed by atoms with Gasteiger partial charge in [0.15, 0.2) is 5.82 Å². The highest BCUT2D eigenvalue weighted by molar-refractivity contribution is 7.92. The molecule has 1 aromatic heterocycles. The lowest BCUT2D eigenvalue weighted by molar-refractivity contribution is 0.331. The van der Waals surface area contributed by atoms with E-state index in [4.69, 9.17) is 9.26 Å². The first-order valence-corrected chi connectivity index (χ1v) is 7.85. The maximum absolute atomic E-state index is 12.4. The quantitative estimate of drug-likeness (QED) is 0.939. The molecule has 0 amide bonds. The van der Waals surface area contributed by atoms with E-state index in [0.29, 0.717) is 5.76 Å². The van der Waals surface area contributed by atoms with Crippen molar-refractivity contribution in [1.29, 1.82) is 0 Å². The third-order valence-corrected chi connectivity index (χ3v) is 4.24. The largest absolute Gasteiger partial charge is 0.495 e. The van der Waals surface area contributed by atoms with Crippen LogP contribution in [0.25, 0.3) is 0 Å². The van der Waals surface area contributed by atoms with Gasteiger partial charge in [0.2, 0.25) is 0 Å². The molecule has 1 N–H and O–H groups in total. The first-order valence-electron chi connectivity index (χ1n) is 6.37. The first-order chi connectivity index (χ1) is 9.74. The molecular weight excluding hydrogens is 292 g/mol. The topological polar surface area (TPSA) is 81.4 Å². The van der Waals surface area contributed by atoms with Crippen molar-refractivity contribution in [3.8, 4) is 5.75 Å². The number of sulfonamides is 1. The second-order valence-corrected chi connectivity index (χ2v) is 7.23. The van der Waals surface area contributed by atoms with Gasteiger partial charge in [-0.15, -0.1) is 0 Å². The SMILES string of the molecule is COc1ccccc1S(=O)(=O)Nc1cc(C(C)(C)C)on1. The van der Waals surface area contributed by atoms with E-state index >= 15 is 0 Å². The summed E-state index contributed by atoms with van der Waals surface area (Å²) in [5.41, 5.74) is -0.249. The fraction of sp³-hybridized carbons (Fsp3) is 0.357. The third-order valence-electron chi connectivity index (χ3n) is 2.85. The van der Waals surface area contributed by atoms with Crippen LogP contribution < -0.4 is 9.46 Å². The second-order valence-electron chi connectivity index (χ2n) is 5.58. The highest BCUT2D eigenvalue weighted by Crippen LogP contribution is 2.28. The molecule has 0 fully saturated rings. The molecule has 0 aliphatic rings. The fourth-order valence-electron chi connectivity index (χ4n) is 1.71. The normalized spacial score (nSPS) is 12.2. The minimum Gasteiger partial charge on any atom is -0.495 e. The summed E-state index contributed by atoms with van der Waals surface area (Å²) in [4.78, 5) is 0.0489. The van der Waals surface area contributed by atoms with Crippen LogP contribution in [0.4, 0.5) is 5.82 Å². The minimum absolute atomic E-state index is 0.0489. The van der Waals surface area contributed by atoms with E-state index in [1.165, 1.54) is 13.2 Å². The lowest BCUT2D eigenvalue weighted by Crippen LogP contribution is -2.14. The zero-order valence-electron chi connectivity index (χ0n) is 12.4. The molecule has 6 nitrogen and oxygen atoms in total. The van der Waals surface area contributed by atoms with Gasteiger partial charge in [-0.2, -0.15) is 0 Å². The Bertz CT molecular complexity index is 729. The Morgan fingerprint density at radius 2 is 1.90 bits per heavy atom. The predicted octanol–water partition coefficient (Wildman–Crippen LogP) is 2.78. The van der Waals surface area contributed by atoms with Gasteiger partial charge in [0.1, 0.15) is 16.4 Å². The molecule has 0 saturated heterocycles. The zero-order valence-corrected chi connectivity index (χ0v) is 13.2. The van der Waals surface area contributed by atoms with E-state index in [-0.39, 0.29) is 21.9 Å². The molecule has 1 aromatic carbocycles. The number of aromatic nitrogens is 1. The molecule has 1 heterocycles. The molecule has 21 heavy (non-hydrogen) atoms. The van der Waals surface area contributed by atoms with Gasteiger partial charge in [-0.25, -0.2) is 8.42 Å². The Morgan fingerprint density at radius 1 is 1.24 bits per heavy atom. The molecule has 2 aromatic rings. The number of methoxy groups -OCH3 is 1. The Labute approximate surface area is 124 Å². The molecule has 0 spiro atoms. The van der Waals surface area contributed by atoms with Crippen LogP contribution in [-0.4, -0.2) is 20.7 Å². The van der Waals surface area contributed by atoms with Crippen molar-refractivity contribution in [2.24, 2.45) is 0 Å². The smallest absolute Gasteiger partial charge is 0.266 e. The summed E-state index contributed by atoms with van der Waals surface area (Å²) in [7, 11) is -2.37. The van der Waals surface area contributed by atoms with Gasteiger partial charge >= 0.3 is 0 Å². The number of hydrogen-bond donors (Lipinski definition) is 1.